The Balaban J connectivity index is 2.95. The standard InChI is InChI=1S/C8H7BN2O3/c9-5-2-11-6(8(14)7(5)13)4(3-12)1-10-11/h1-3,13-14H,9H2. The van der Waals surface area contributed by atoms with Crippen molar-refractivity contribution in [3.63, 3.8) is 0 Å². The first-order valence-corrected chi connectivity index (χ1v) is 3.99. The van der Waals surface area contributed by atoms with E-state index in [0.717, 1.165) is 0 Å². The number of aldehydes is 1. The van der Waals surface area contributed by atoms with Crippen molar-refractivity contribution in [3.05, 3.63) is 18.0 Å². The van der Waals surface area contributed by atoms with E-state index in [1.165, 1.54) is 16.9 Å². The van der Waals surface area contributed by atoms with Crippen LogP contribution < -0.4 is 5.46 Å². The third-order valence-corrected chi connectivity index (χ3v) is 2.09. The Labute approximate surface area is 80.0 Å². The number of pyridine rings is 1. The summed E-state index contributed by atoms with van der Waals surface area (Å²) in [6.45, 7) is 0. The van der Waals surface area contributed by atoms with Crippen LogP contribution in [0.1, 0.15) is 10.4 Å². The molecule has 0 aliphatic carbocycles. The van der Waals surface area contributed by atoms with Crippen LogP contribution in [-0.2, 0) is 0 Å². The van der Waals surface area contributed by atoms with E-state index in [4.69, 9.17) is 0 Å². The van der Waals surface area contributed by atoms with Crippen LogP contribution >= 0.6 is 0 Å². The van der Waals surface area contributed by atoms with Crippen LogP contribution in [0.5, 0.6) is 11.5 Å². The van der Waals surface area contributed by atoms with Crippen LogP contribution in [0.2, 0.25) is 0 Å². The molecule has 0 aromatic carbocycles. The van der Waals surface area contributed by atoms with E-state index < -0.39 is 0 Å². The van der Waals surface area contributed by atoms with Gasteiger partial charge in [0.05, 0.1) is 11.8 Å². The number of carbonyl (C=O) groups excluding carboxylic acids is 1. The van der Waals surface area contributed by atoms with Crippen LogP contribution in [0.3, 0.4) is 0 Å². The zero-order chi connectivity index (χ0) is 10.3. The minimum absolute atomic E-state index is 0.221. The molecule has 0 radical (unpaired) electrons. The van der Waals surface area contributed by atoms with Crippen LogP contribution in [0.4, 0.5) is 0 Å². The molecule has 0 bridgehead atoms. The number of aromatic nitrogens is 2. The Bertz CT molecular complexity index is 521. The first-order valence-electron chi connectivity index (χ1n) is 3.99. The second kappa shape index (κ2) is 2.76. The topological polar surface area (TPSA) is 74.8 Å². The molecule has 2 aromatic rings. The number of rotatable bonds is 1. The highest BCUT2D eigenvalue weighted by molar-refractivity contribution is 6.34. The minimum atomic E-state index is -0.315. The van der Waals surface area contributed by atoms with Gasteiger partial charge in [0.25, 0.3) is 0 Å². The van der Waals surface area contributed by atoms with E-state index in [9.17, 15) is 15.0 Å². The van der Waals surface area contributed by atoms with Gasteiger partial charge in [-0.05, 0) is 5.46 Å². The van der Waals surface area contributed by atoms with E-state index in [1.807, 2.05) is 0 Å². The number of hydrogen-bond donors (Lipinski definition) is 2. The van der Waals surface area contributed by atoms with Gasteiger partial charge in [-0.2, -0.15) is 5.10 Å². The van der Waals surface area contributed by atoms with Crippen molar-refractivity contribution in [2.75, 3.05) is 0 Å². The maximum Gasteiger partial charge on any atom is 0.184 e. The van der Waals surface area contributed by atoms with Gasteiger partial charge in [-0.15, -0.1) is 0 Å². The monoisotopic (exact) mass is 190 g/mol. The van der Waals surface area contributed by atoms with Crippen molar-refractivity contribution in [2.24, 2.45) is 0 Å². The molecule has 5 nitrogen and oxygen atoms in total. The Hall–Kier alpha value is -1.98. The molecule has 2 heterocycles. The van der Waals surface area contributed by atoms with Gasteiger partial charge in [-0.3, -0.25) is 4.79 Å². The summed E-state index contributed by atoms with van der Waals surface area (Å²) < 4.78 is 1.36. The maximum absolute atomic E-state index is 10.6. The quantitative estimate of drug-likeness (QED) is 0.438. The van der Waals surface area contributed by atoms with Gasteiger partial charge in [0.2, 0.25) is 0 Å². The summed E-state index contributed by atoms with van der Waals surface area (Å²) >= 11 is 0. The van der Waals surface area contributed by atoms with Crippen LogP contribution in [0.15, 0.2) is 12.4 Å². The molecule has 0 saturated heterocycles. The zero-order valence-electron chi connectivity index (χ0n) is 7.43. The van der Waals surface area contributed by atoms with Gasteiger partial charge in [-0.25, -0.2) is 4.52 Å². The summed E-state index contributed by atoms with van der Waals surface area (Å²) in [6.07, 6.45) is 3.45. The predicted molar refractivity (Wildman–Crippen MR) is 52.1 cm³/mol. The molecule has 0 amide bonds. The molecule has 2 rings (SSSR count). The Morgan fingerprint density at radius 1 is 1.43 bits per heavy atom. The number of hydrogen-bond acceptors (Lipinski definition) is 4. The van der Waals surface area contributed by atoms with E-state index in [2.05, 4.69) is 5.10 Å². The van der Waals surface area contributed by atoms with Crippen LogP contribution in [0, 0.1) is 0 Å². The number of fused-ring (bicyclic) bond motifs is 1. The molecular formula is C8H7BN2O3. The van der Waals surface area contributed by atoms with Gasteiger partial charge in [-0.1, -0.05) is 0 Å². The first kappa shape index (κ1) is 8.62. The molecule has 0 unspecified atom stereocenters. The number of aromatic hydroxyl groups is 2. The Morgan fingerprint density at radius 3 is 2.79 bits per heavy atom. The fraction of sp³-hybridized carbons (Fsp3) is 0. The molecular weight excluding hydrogens is 183 g/mol. The second-order valence-electron chi connectivity index (χ2n) is 3.02. The van der Waals surface area contributed by atoms with Crippen LogP contribution in [-0.4, -0.2) is 34.0 Å². The first-order chi connectivity index (χ1) is 6.65. The lowest BCUT2D eigenvalue weighted by Crippen LogP contribution is -2.07. The molecule has 2 aromatic heterocycles. The molecule has 2 N–H and O–H groups in total. The highest BCUT2D eigenvalue weighted by atomic mass is 16.3. The SMILES string of the molecule is Bc1cn2ncc(C=O)c2c(O)c1O. The second-order valence-corrected chi connectivity index (χ2v) is 3.02. The van der Waals surface area contributed by atoms with Crippen molar-refractivity contribution >= 4 is 25.1 Å². The Morgan fingerprint density at radius 2 is 2.14 bits per heavy atom. The van der Waals surface area contributed by atoms with Crippen molar-refractivity contribution in [3.8, 4) is 11.5 Å². The molecule has 0 aliphatic rings. The van der Waals surface area contributed by atoms with Gasteiger partial charge in [0, 0.05) is 6.20 Å². The molecule has 0 atom stereocenters. The third-order valence-electron chi connectivity index (χ3n) is 2.09. The van der Waals surface area contributed by atoms with Gasteiger partial charge < -0.3 is 10.2 Å². The molecule has 0 aliphatic heterocycles. The largest absolute Gasteiger partial charge is 0.505 e. The summed E-state index contributed by atoms with van der Waals surface area (Å²) in [5, 5.41) is 22.9. The third kappa shape index (κ3) is 0.969. The summed E-state index contributed by atoms with van der Waals surface area (Å²) in [4.78, 5) is 10.6. The summed E-state index contributed by atoms with van der Waals surface area (Å²) in [7, 11) is 1.64. The fourth-order valence-electron chi connectivity index (χ4n) is 1.35. The summed E-state index contributed by atoms with van der Waals surface area (Å²) in [5.74, 6) is -0.536. The predicted octanol–water partition coefficient (Wildman–Crippen LogP) is -1.18. The Kier molecular flexibility index (Phi) is 1.70. The minimum Gasteiger partial charge on any atom is -0.505 e. The van der Waals surface area contributed by atoms with Crippen molar-refractivity contribution in [1.82, 2.24) is 9.61 Å². The van der Waals surface area contributed by atoms with E-state index in [1.54, 1.807) is 7.85 Å². The molecule has 0 saturated carbocycles. The van der Waals surface area contributed by atoms with Crippen molar-refractivity contribution in [1.29, 1.82) is 0 Å². The normalized spacial score (nSPS) is 10.6. The molecule has 0 fully saturated rings. The highest BCUT2D eigenvalue weighted by Crippen LogP contribution is 2.28. The van der Waals surface area contributed by atoms with Gasteiger partial charge in [0.1, 0.15) is 13.4 Å². The summed E-state index contributed by atoms with van der Waals surface area (Å²) in [6, 6.07) is 0. The molecule has 0 spiro atoms. The zero-order valence-corrected chi connectivity index (χ0v) is 7.43. The van der Waals surface area contributed by atoms with Crippen molar-refractivity contribution in [2.45, 2.75) is 0 Å². The average molecular weight is 190 g/mol. The van der Waals surface area contributed by atoms with E-state index >= 15 is 0 Å². The van der Waals surface area contributed by atoms with Gasteiger partial charge in [0.15, 0.2) is 17.8 Å². The highest BCUT2D eigenvalue weighted by Gasteiger charge is 2.13. The van der Waals surface area contributed by atoms with Gasteiger partial charge >= 0.3 is 0 Å². The molecule has 6 heteroatoms. The average Bonchev–Trinajstić information content (AvgIpc) is 2.57. The van der Waals surface area contributed by atoms with Crippen LogP contribution in [0.25, 0.3) is 5.52 Å². The fourth-order valence-corrected chi connectivity index (χ4v) is 1.35. The lowest BCUT2D eigenvalue weighted by atomic mass is 9.96. The lowest BCUT2D eigenvalue weighted by Gasteiger charge is -2.04. The number of nitrogens with zero attached hydrogens (tertiary/aromatic N) is 2. The number of carbonyl (C=O) groups is 1. The lowest BCUT2D eigenvalue weighted by molar-refractivity contribution is 0.112. The smallest absolute Gasteiger partial charge is 0.184 e. The van der Waals surface area contributed by atoms with Crippen molar-refractivity contribution < 1.29 is 15.0 Å². The molecule has 70 valence electrons. The maximum atomic E-state index is 10.6. The van der Waals surface area contributed by atoms with E-state index in [-0.39, 0.29) is 22.6 Å². The van der Waals surface area contributed by atoms with E-state index in [0.29, 0.717) is 11.7 Å². The summed E-state index contributed by atoms with van der Waals surface area (Å²) in [5.41, 5.74) is 0.969. The molecule has 14 heavy (non-hydrogen) atoms.